The largest absolute Gasteiger partial charge is 0.367 e. The maximum atomic E-state index is 13.3. The van der Waals surface area contributed by atoms with Crippen LogP contribution in [0.25, 0.3) is 0 Å². The summed E-state index contributed by atoms with van der Waals surface area (Å²) in [6.45, 7) is 2.96. The SMILES string of the molecule is Cc1c(Cc2ccccc2S(=O)(=O)N2CCCC2)c(C#N)c(C2CCCC2)n1CC(O)O. The van der Waals surface area contributed by atoms with E-state index in [2.05, 4.69) is 6.07 Å². The number of benzene rings is 1. The van der Waals surface area contributed by atoms with Crippen molar-refractivity contribution < 1.29 is 18.6 Å². The summed E-state index contributed by atoms with van der Waals surface area (Å²) in [7, 11) is -3.60. The first-order valence-corrected chi connectivity index (χ1v) is 12.8. The molecule has 0 bridgehead atoms. The van der Waals surface area contributed by atoms with Gasteiger partial charge < -0.3 is 14.8 Å². The number of aliphatic hydroxyl groups excluding tert-OH is 1. The summed E-state index contributed by atoms with van der Waals surface area (Å²) in [5.41, 5.74) is 3.66. The summed E-state index contributed by atoms with van der Waals surface area (Å²) in [6, 6.07) is 9.39. The fraction of sp³-hybridized carbons (Fsp3) is 0.542. The molecule has 0 unspecified atom stereocenters. The van der Waals surface area contributed by atoms with Crippen LogP contribution in [-0.2, 0) is 23.0 Å². The van der Waals surface area contributed by atoms with Gasteiger partial charge in [0.1, 0.15) is 6.07 Å². The molecular formula is C24H31N3O4S. The number of rotatable bonds is 7. The van der Waals surface area contributed by atoms with Gasteiger partial charge in [-0.05, 0) is 49.8 Å². The molecule has 2 heterocycles. The van der Waals surface area contributed by atoms with Crippen LogP contribution in [0.5, 0.6) is 0 Å². The van der Waals surface area contributed by atoms with E-state index in [4.69, 9.17) is 0 Å². The molecule has 1 aliphatic carbocycles. The van der Waals surface area contributed by atoms with Gasteiger partial charge in [0.2, 0.25) is 10.0 Å². The number of sulfonamides is 1. The summed E-state index contributed by atoms with van der Waals surface area (Å²) >= 11 is 0. The molecule has 1 aromatic heterocycles. The predicted molar refractivity (Wildman–Crippen MR) is 121 cm³/mol. The van der Waals surface area contributed by atoms with Gasteiger partial charge in [-0.3, -0.25) is 0 Å². The monoisotopic (exact) mass is 457 g/mol. The van der Waals surface area contributed by atoms with Crippen LogP contribution in [-0.4, -0.2) is 46.9 Å². The minimum absolute atomic E-state index is 0.0000693. The van der Waals surface area contributed by atoms with E-state index in [1.807, 2.05) is 23.6 Å². The molecule has 0 atom stereocenters. The Balaban J connectivity index is 1.80. The average molecular weight is 458 g/mol. The predicted octanol–water partition coefficient (Wildman–Crippen LogP) is 3.01. The molecule has 4 rings (SSSR count). The van der Waals surface area contributed by atoms with Crippen molar-refractivity contribution in [2.75, 3.05) is 13.1 Å². The van der Waals surface area contributed by atoms with E-state index in [9.17, 15) is 23.9 Å². The van der Waals surface area contributed by atoms with E-state index in [-0.39, 0.29) is 12.5 Å². The van der Waals surface area contributed by atoms with Crippen molar-refractivity contribution in [1.82, 2.24) is 8.87 Å². The third-order valence-electron chi connectivity index (χ3n) is 6.91. The Morgan fingerprint density at radius 1 is 1.12 bits per heavy atom. The fourth-order valence-electron chi connectivity index (χ4n) is 5.34. The zero-order chi connectivity index (χ0) is 22.9. The van der Waals surface area contributed by atoms with Crippen LogP contribution in [0.1, 0.15) is 72.5 Å². The van der Waals surface area contributed by atoms with Crippen molar-refractivity contribution in [3.63, 3.8) is 0 Å². The number of hydrogen-bond donors (Lipinski definition) is 2. The maximum Gasteiger partial charge on any atom is 0.243 e. The van der Waals surface area contributed by atoms with Crippen LogP contribution >= 0.6 is 0 Å². The summed E-state index contributed by atoms with van der Waals surface area (Å²) in [4.78, 5) is 0.294. The summed E-state index contributed by atoms with van der Waals surface area (Å²) in [5, 5.41) is 29.5. The van der Waals surface area contributed by atoms with Gasteiger partial charge in [0, 0.05) is 36.8 Å². The van der Waals surface area contributed by atoms with Crippen LogP contribution in [0, 0.1) is 18.3 Å². The normalized spacial score (nSPS) is 18.0. The second kappa shape index (κ2) is 9.36. The Hall–Kier alpha value is -2.18. The zero-order valence-electron chi connectivity index (χ0n) is 18.5. The van der Waals surface area contributed by atoms with Gasteiger partial charge in [-0.15, -0.1) is 0 Å². The van der Waals surface area contributed by atoms with Crippen LogP contribution < -0.4 is 0 Å². The van der Waals surface area contributed by atoms with Crippen LogP contribution in [0.4, 0.5) is 0 Å². The van der Waals surface area contributed by atoms with Gasteiger partial charge in [0.15, 0.2) is 6.29 Å². The number of nitriles is 1. The van der Waals surface area contributed by atoms with Crippen LogP contribution in [0.2, 0.25) is 0 Å². The molecule has 1 aliphatic heterocycles. The lowest BCUT2D eigenvalue weighted by atomic mass is 9.95. The summed E-state index contributed by atoms with van der Waals surface area (Å²) in [5.74, 6) is 0.208. The summed E-state index contributed by atoms with van der Waals surface area (Å²) in [6.07, 6.45) is 4.65. The Morgan fingerprint density at radius 2 is 1.78 bits per heavy atom. The Kier molecular flexibility index (Phi) is 6.72. The third kappa shape index (κ3) is 4.23. The second-order valence-corrected chi connectivity index (χ2v) is 10.8. The molecule has 8 heteroatoms. The lowest BCUT2D eigenvalue weighted by Gasteiger charge is -2.18. The van der Waals surface area contributed by atoms with Gasteiger partial charge in [0.05, 0.1) is 17.0 Å². The lowest BCUT2D eigenvalue weighted by Crippen LogP contribution is -2.28. The van der Waals surface area contributed by atoms with E-state index in [0.29, 0.717) is 35.5 Å². The highest BCUT2D eigenvalue weighted by molar-refractivity contribution is 7.89. The molecule has 1 aromatic carbocycles. The van der Waals surface area contributed by atoms with E-state index in [1.54, 1.807) is 16.4 Å². The molecular weight excluding hydrogens is 426 g/mol. The smallest absolute Gasteiger partial charge is 0.243 e. The topological polar surface area (TPSA) is 107 Å². The Morgan fingerprint density at radius 3 is 2.41 bits per heavy atom. The number of aromatic nitrogens is 1. The molecule has 2 aliphatic rings. The highest BCUT2D eigenvalue weighted by Crippen LogP contribution is 2.40. The van der Waals surface area contributed by atoms with Gasteiger partial charge in [0.25, 0.3) is 0 Å². The molecule has 1 saturated heterocycles. The van der Waals surface area contributed by atoms with Gasteiger partial charge in [-0.2, -0.15) is 9.57 Å². The van der Waals surface area contributed by atoms with E-state index in [1.165, 1.54) is 0 Å². The first-order chi connectivity index (χ1) is 15.3. The molecule has 0 amide bonds. The zero-order valence-corrected chi connectivity index (χ0v) is 19.3. The van der Waals surface area contributed by atoms with E-state index in [0.717, 1.165) is 55.5 Å². The number of nitrogens with zero attached hydrogens (tertiary/aromatic N) is 3. The summed E-state index contributed by atoms with van der Waals surface area (Å²) < 4.78 is 30.0. The molecule has 172 valence electrons. The first-order valence-electron chi connectivity index (χ1n) is 11.4. The van der Waals surface area contributed by atoms with Gasteiger partial charge >= 0.3 is 0 Å². The molecule has 2 N–H and O–H groups in total. The highest BCUT2D eigenvalue weighted by Gasteiger charge is 2.32. The van der Waals surface area contributed by atoms with Crippen molar-refractivity contribution in [3.8, 4) is 6.07 Å². The molecule has 2 fully saturated rings. The van der Waals surface area contributed by atoms with Crippen molar-refractivity contribution in [3.05, 3.63) is 52.3 Å². The van der Waals surface area contributed by atoms with Crippen molar-refractivity contribution in [1.29, 1.82) is 5.26 Å². The highest BCUT2D eigenvalue weighted by atomic mass is 32.2. The average Bonchev–Trinajstić information content (AvgIpc) is 3.52. The molecule has 2 aromatic rings. The first kappa shape index (κ1) is 23.0. The standard InChI is InChI=1S/C24H31N3O4S/c1-17-20(21(15-25)24(18-8-2-3-9-18)27(17)16-23(28)29)14-19-10-4-5-11-22(19)32(30,31)26-12-6-7-13-26/h4-5,10-11,18,23,28-29H,2-3,6-9,12-14,16H2,1H3. The number of aliphatic hydroxyl groups is 2. The Bertz CT molecular complexity index is 1120. The molecule has 0 spiro atoms. The van der Waals surface area contributed by atoms with Crippen molar-refractivity contribution in [2.45, 2.75) is 75.5 Å². The molecule has 0 radical (unpaired) electrons. The van der Waals surface area contributed by atoms with Gasteiger partial charge in [-0.1, -0.05) is 31.0 Å². The minimum Gasteiger partial charge on any atom is -0.367 e. The molecule has 32 heavy (non-hydrogen) atoms. The maximum absolute atomic E-state index is 13.3. The second-order valence-electron chi connectivity index (χ2n) is 8.90. The van der Waals surface area contributed by atoms with Crippen molar-refractivity contribution >= 4 is 10.0 Å². The van der Waals surface area contributed by atoms with Gasteiger partial charge in [-0.25, -0.2) is 8.42 Å². The Labute approximate surface area is 190 Å². The van der Waals surface area contributed by atoms with Crippen LogP contribution in [0.15, 0.2) is 29.2 Å². The minimum atomic E-state index is -3.60. The van der Waals surface area contributed by atoms with E-state index >= 15 is 0 Å². The van der Waals surface area contributed by atoms with Crippen molar-refractivity contribution in [2.24, 2.45) is 0 Å². The third-order valence-corrected chi connectivity index (χ3v) is 8.91. The number of hydrogen-bond acceptors (Lipinski definition) is 5. The molecule has 7 nitrogen and oxygen atoms in total. The van der Waals surface area contributed by atoms with E-state index < -0.39 is 16.3 Å². The quantitative estimate of drug-likeness (QED) is 0.622. The lowest BCUT2D eigenvalue weighted by molar-refractivity contribution is -0.0521. The molecule has 1 saturated carbocycles. The fourth-order valence-corrected chi connectivity index (χ4v) is 7.08. The van der Waals surface area contributed by atoms with Crippen LogP contribution in [0.3, 0.4) is 0 Å².